The molecule has 0 spiro atoms. The molecular weight excluding hydrogens is 200 g/mol. The lowest BCUT2D eigenvalue weighted by Gasteiger charge is -2.24. The van der Waals surface area contributed by atoms with Crippen LogP contribution in [0.25, 0.3) is 0 Å². The summed E-state index contributed by atoms with van der Waals surface area (Å²) >= 11 is 0. The van der Waals surface area contributed by atoms with Gasteiger partial charge in [-0.1, -0.05) is 37.3 Å². The van der Waals surface area contributed by atoms with Crippen LogP contribution in [0.2, 0.25) is 0 Å². The van der Waals surface area contributed by atoms with E-state index in [1.807, 2.05) is 44.2 Å². The fourth-order valence-corrected chi connectivity index (χ4v) is 1.62. The summed E-state index contributed by atoms with van der Waals surface area (Å²) in [6.07, 6.45) is 0. The van der Waals surface area contributed by atoms with Crippen molar-refractivity contribution in [2.75, 3.05) is 13.6 Å². The summed E-state index contributed by atoms with van der Waals surface area (Å²) in [4.78, 5) is 13.6. The SMILES string of the molecule is CCN(C)C(=O)C(C)C(N)c1ccccc1. The van der Waals surface area contributed by atoms with E-state index in [1.165, 1.54) is 0 Å². The summed E-state index contributed by atoms with van der Waals surface area (Å²) in [6, 6.07) is 9.51. The van der Waals surface area contributed by atoms with Crippen molar-refractivity contribution >= 4 is 5.91 Å². The van der Waals surface area contributed by atoms with E-state index in [0.717, 1.165) is 5.56 Å². The molecule has 0 aromatic heterocycles. The molecule has 0 radical (unpaired) electrons. The lowest BCUT2D eigenvalue weighted by Crippen LogP contribution is -2.36. The first-order valence-electron chi connectivity index (χ1n) is 5.63. The van der Waals surface area contributed by atoms with E-state index >= 15 is 0 Å². The number of rotatable bonds is 4. The molecule has 1 amide bonds. The van der Waals surface area contributed by atoms with Gasteiger partial charge in [0.15, 0.2) is 0 Å². The van der Waals surface area contributed by atoms with Gasteiger partial charge in [0, 0.05) is 19.6 Å². The van der Waals surface area contributed by atoms with Gasteiger partial charge in [-0.2, -0.15) is 0 Å². The number of carbonyl (C=O) groups is 1. The highest BCUT2D eigenvalue weighted by Gasteiger charge is 2.23. The second-order valence-corrected chi connectivity index (χ2v) is 4.08. The first-order chi connectivity index (χ1) is 7.57. The van der Waals surface area contributed by atoms with Gasteiger partial charge in [-0.3, -0.25) is 4.79 Å². The summed E-state index contributed by atoms with van der Waals surface area (Å²) in [5.41, 5.74) is 7.09. The van der Waals surface area contributed by atoms with Gasteiger partial charge in [-0.25, -0.2) is 0 Å². The van der Waals surface area contributed by atoms with E-state index in [4.69, 9.17) is 5.73 Å². The van der Waals surface area contributed by atoms with Crippen molar-refractivity contribution in [3.05, 3.63) is 35.9 Å². The topological polar surface area (TPSA) is 46.3 Å². The first kappa shape index (κ1) is 12.7. The predicted molar refractivity (Wildman–Crippen MR) is 65.8 cm³/mol. The molecule has 1 aromatic carbocycles. The van der Waals surface area contributed by atoms with E-state index in [2.05, 4.69) is 0 Å². The molecule has 2 atom stereocenters. The van der Waals surface area contributed by atoms with E-state index in [9.17, 15) is 4.79 Å². The zero-order valence-corrected chi connectivity index (χ0v) is 10.2. The Labute approximate surface area is 97.2 Å². The molecule has 0 aliphatic rings. The number of nitrogens with zero attached hydrogens (tertiary/aromatic N) is 1. The maximum absolute atomic E-state index is 11.9. The first-order valence-corrected chi connectivity index (χ1v) is 5.63. The third-order valence-corrected chi connectivity index (χ3v) is 2.96. The largest absolute Gasteiger partial charge is 0.346 e. The number of nitrogens with two attached hydrogens (primary N) is 1. The minimum absolute atomic E-state index is 0.0962. The van der Waals surface area contributed by atoms with Crippen molar-refractivity contribution in [1.29, 1.82) is 0 Å². The van der Waals surface area contributed by atoms with Crippen LogP contribution in [0.4, 0.5) is 0 Å². The molecule has 0 saturated carbocycles. The molecule has 2 unspecified atom stereocenters. The summed E-state index contributed by atoms with van der Waals surface area (Å²) < 4.78 is 0. The lowest BCUT2D eigenvalue weighted by molar-refractivity contribution is -0.134. The van der Waals surface area contributed by atoms with Crippen LogP contribution in [-0.4, -0.2) is 24.4 Å². The van der Waals surface area contributed by atoms with Gasteiger partial charge in [0.1, 0.15) is 0 Å². The highest BCUT2D eigenvalue weighted by Crippen LogP contribution is 2.20. The van der Waals surface area contributed by atoms with Crippen molar-refractivity contribution in [3.63, 3.8) is 0 Å². The van der Waals surface area contributed by atoms with Crippen molar-refractivity contribution in [1.82, 2.24) is 4.90 Å². The predicted octanol–water partition coefficient (Wildman–Crippen LogP) is 1.80. The molecule has 1 rings (SSSR count). The summed E-state index contributed by atoms with van der Waals surface area (Å²) in [5, 5.41) is 0. The van der Waals surface area contributed by atoms with Crippen LogP contribution in [0.15, 0.2) is 30.3 Å². The van der Waals surface area contributed by atoms with Crippen molar-refractivity contribution in [2.24, 2.45) is 11.7 Å². The highest BCUT2D eigenvalue weighted by atomic mass is 16.2. The monoisotopic (exact) mass is 220 g/mol. The molecule has 2 N–H and O–H groups in total. The van der Waals surface area contributed by atoms with Gasteiger partial charge in [0.2, 0.25) is 5.91 Å². The molecule has 0 fully saturated rings. The summed E-state index contributed by atoms with van der Waals surface area (Å²) in [6.45, 7) is 4.55. The molecule has 88 valence electrons. The average molecular weight is 220 g/mol. The minimum Gasteiger partial charge on any atom is -0.346 e. The van der Waals surface area contributed by atoms with Gasteiger partial charge in [0.05, 0.1) is 5.92 Å². The van der Waals surface area contributed by atoms with Gasteiger partial charge >= 0.3 is 0 Å². The van der Waals surface area contributed by atoms with Crippen LogP contribution >= 0.6 is 0 Å². The van der Waals surface area contributed by atoms with Gasteiger partial charge < -0.3 is 10.6 Å². The molecule has 0 bridgehead atoms. The average Bonchev–Trinajstić information content (AvgIpc) is 2.36. The van der Waals surface area contributed by atoms with Gasteiger partial charge in [-0.15, -0.1) is 0 Å². The number of hydrogen-bond acceptors (Lipinski definition) is 2. The zero-order valence-electron chi connectivity index (χ0n) is 10.2. The molecule has 0 aliphatic carbocycles. The Morgan fingerprint density at radius 3 is 2.44 bits per heavy atom. The Balaban J connectivity index is 2.75. The van der Waals surface area contributed by atoms with Gasteiger partial charge in [-0.05, 0) is 12.5 Å². The second kappa shape index (κ2) is 5.66. The van der Waals surface area contributed by atoms with Crippen LogP contribution in [0.5, 0.6) is 0 Å². The van der Waals surface area contributed by atoms with Crippen LogP contribution in [-0.2, 0) is 4.79 Å². The Hall–Kier alpha value is -1.35. The van der Waals surface area contributed by atoms with E-state index in [1.54, 1.807) is 11.9 Å². The fraction of sp³-hybridized carbons (Fsp3) is 0.462. The maximum Gasteiger partial charge on any atom is 0.227 e. The third kappa shape index (κ3) is 2.83. The standard InChI is InChI=1S/C13H20N2O/c1-4-15(3)13(16)10(2)12(14)11-8-6-5-7-9-11/h5-10,12H,4,14H2,1-3H3. The molecule has 3 nitrogen and oxygen atoms in total. The zero-order chi connectivity index (χ0) is 12.1. The molecule has 1 aromatic rings. The molecule has 16 heavy (non-hydrogen) atoms. The van der Waals surface area contributed by atoms with Crippen molar-refractivity contribution in [3.8, 4) is 0 Å². The molecule has 0 aliphatic heterocycles. The Bertz CT molecular complexity index is 337. The van der Waals surface area contributed by atoms with Crippen molar-refractivity contribution < 1.29 is 4.79 Å². The van der Waals surface area contributed by atoms with Gasteiger partial charge in [0.25, 0.3) is 0 Å². The molecule has 3 heteroatoms. The quantitative estimate of drug-likeness (QED) is 0.841. The van der Waals surface area contributed by atoms with Crippen LogP contribution in [0, 0.1) is 5.92 Å². The van der Waals surface area contributed by atoms with E-state index in [0.29, 0.717) is 6.54 Å². The molecular formula is C13H20N2O. The number of benzene rings is 1. The van der Waals surface area contributed by atoms with E-state index in [-0.39, 0.29) is 17.9 Å². The third-order valence-electron chi connectivity index (χ3n) is 2.96. The Kier molecular flexibility index (Phi) is 4.50. The Morgan fingerprint density at radius 2 is 1.94 bits per heavy atom. The highest BCUT2D eigenvalue weighted by molar-refractivity contribution is 5.79. The molecule has 0 heterocycles. The summed E-state index contributed by atoms with van der Waals surface area (Å²) in [7, 11) is 1.80. The smallest absolute Gasteiger partial charge is 0.227 e. The lowest BCUT2D eigenvalue weighted by atomic mass is 9.94. The minimum atomic E-state index is -0.234. The summed E-state index contributed by atoms with van der Waals surface area (Å²) in [5.74, 6) is -0.0915. The van der Waals surface area contributed by atoms with Crippen molar-refractivity contribution in [2.45, 2.75) is 19.9 Å². The normalized spacial score (nSPS) is 14.2. The van der Waals surface area contributed by atoms with Crippen LogP contribution < -0.4 is 5.73 Å². The maximum atomic E-state index is 11.9. The number of amides is 1. The Morgan fingerprint density at radius 1 is 1.38 bits per heavy atom. The fourth-order valence-electron chi connectivity index (χ4n) is 1.62. The second-order valence-electron chi connectivity index (χ2n) is 4.08. The van der Waals surface area contributed by atoms with E-state index < -0.39 is 0 Å². The molecule has 0 saturated heterocycles. The number of carbonyl (C=O) groups excluding carboxylic acids is 1. The van der Waals surface area contributed by atoms with Crippen LogP contribution in [0.1, 0.15) is 25.5 Å². The van der Waals surface area contributed by atoms with Crippen LogP contribution in [0.3, 0.4) is 0 Å². The number of hydrogen-bond donors (Lipinski definition) is 1.